The van der Waals surface area contributed by atoms with Crippen LogP contribution in [0.5, 0.6) is 5.75 Å². The van der Waals surface area contributed by atoms with E-state index in [4.69, 9.17) is 0 Å². The van der Waals surface area contributed by atoms with Crippen molar-refractivity contribution in [3.05, 3.63) is 28.8 Å². The summed E-state index contributed by atoms with van der Waals surface area (Å²) in [6, 6.07) is 5.05. The maximum atomic E-state index is 10.7. The first-order chi connectivity index (χ1) is 10.1. The Bertz CT molecular complexity index is 478. The van der Waals surface area contributed by atoms with Crippen LogP contribution in [0.25, 0.3) is 0 Å². The van der Waals surface area contributed by atoms with E-state index in [1.54, 1.807) is 0 Å². The monoisotopic (exact) mass is 303 g/mol. The van der Waals surface area contributed by atoms with Crippen molar-refractivity contribution in [2.45, 2.75) is 90.6 Å². The highest BCUT2D eigenvalue weighted by Crippen LogP contribution is 2.39. The lowest BCUT2D eigenvalue weighted by Crippen LogP contribution is -2.26. The molecule has 1 aliphatic rings. The van der Waals surface area contributed by atoms with Crippen molar-refractivity contribution >= 4 is 0 Å². The van der Waals surface area contributed by atoms with E-state index in [0.717, 1.165) is 17.7 Å². The van der Waals surface area contributed by atoms with Crippen LogP contribution >= 0.6 is 0 Å². The predicted octanol–water partition coefficient (Wildman–Crippen LogP) is 5.02. The second-order valence-corrected chi connectivity index (χ2v) is 8.90. The van der Waals surface area contributed by atoms with Crippen LogP contribution in [-0.4, -0.2) is 11.1 Å². The SMILES string of the molecule is CC(C)(C)c1cc(CNC2CCCC2)cc(C(C)(C)C)c1O. The van der Waals surface area contributed by atoms with Crippen molar-refractivity contribution in [1.29, 1.82) is 0 Å². The summed E-state index contributed by atoms with van der Waals surface area (Å²) in [5, 5.41) is 14.4. The highest BCUT2D eigenvalue weighted by Gasteiger charge is 2.26. The second-order valence-electron chi connectivity index (χ2n) is 8.90. The van der Waals surface area contributed by atoms with Gasteiger partial charge in [0.1, 0.15) is 5.75 Å². The third-order valence-corrected chi connectivity index (χ3v) is 4.74. The van der Waals surface area contributed by atoms with Crippen LogP contribution in [0.2, 0.25) is 0 Å². The van der Waals surface area contributed by atoms with E-state index in [-0.39, 0.29) is 10.8 Å². The number of hydrogen-bond acceptors (Lipinski definition) is 2. The van der Waals surface area contributed by atoms with Crippen LogP contribution in [0.15, 0.2) is 12.1 Å². The molecule has 22 heavy (non-hydrogen) atoms. The molecule has 0 bridgehead atoms. The molecule has 1 aromatic carbocycles. The first kappa shape index (κ1) is 17.3. The van der Waals surface area contributed by atoms with Gasteiger partial charge in [0, 0.05) is 12.6 Å². The average Bonchev–Trinajstić information content (AvgIpc) is 2.87. The van der Waals surface area contributed by atoms with Gasteiger partial charge in [-0.3, -0.25) is 0 Å². The Labute approximate surface area is 136 Å². The number of rotatable bonds is 3. The number of aromatic hydroxyl groups is 1. The zero-order valence-electron chi connectivity index (χ0n) is 15.2. The molecule has 0 saturated heterocycles. The average molecular weight is 303 g/mol. The molecule has 1 saturated carbocycles. The Morgan fingerprint density at radius 2 is 1.41 bits per heavy atom. The number of benzene rings is 1. The van der Waals surface area contributed by atoms with E-state index in [1.165, 1.54) is 31.2 Å². The largest absolute Gasteiger partial charge is 0.507 e. The van der Waals surface area contributed by atoms with Gasteiger partial charge in [-0.2, -0.15) is 0 Å². The van der Waals surface area contributed by atoms with Crippen LogP contribution in [0, 0.1) is 0 Å². The van der Waals surface area contributed by atoms with Gasteiger partial charge in [-0.15, -0.1) is 0 Å². The summed E-state index contributed by atoms with van der Waals surface area (Å²) >= 11 is 0. The molecule has 0 aromatic heterocycles. The number of phenolic OH excluding ortho intramolecular Hbond substituents is 1. The standard InChI is InChI=1S/C20H33NO/c1-19(2,3)16-11-14(13-21-15-9-7-8-10-15)12-17(18(16)22)20(4,5)6/h11-12,15,21-22H,7-10,13H2,1-6H3. The Morgan fingerprint density at radius 1 is 0.955 bits per heavy atom. The minimum Gasteiger partial charge on any atom is -0.507 e. The van der Waals surface area contributed by atoms with Crippen molar-refractivity contribution in [2.24, 2.45) is 0 Å². The zero-order chi connectivity index (χ0) is 16.5. The summed E-state index contributed by atoms with van der Waals surface area (Å²) in [6.45, 7) is 13.9. The maximum absolute atomic E-state index is 10.7. The van der Waals surface area contributed by atoms with Crippen molar-refractivity contribution in [1.82, 2.24) is 5.32 Å². The maximum Gasteiger partial charge on any atom is 0.123 e. The van der Waals surface area contributed by atoms with Gasteiger partial charge in [-0.25, -0.2) is 0 Å². The summed E-state index contributed by atoms with van der Waals surface area (Å²) in [5.74, 6) is 0.476. The summed E-state index contributed by atoms with van der Waals surface area (Å²) in [7, 11) is 0. The first-order valence-electron chi connectivity index (χ1n) is 8.69. The molecule has 1 aliphatic carbocycles. The fourth-order valence-electron chi connectivity index (χ4n) is 3.33. The van der Waals surface area contributed by atoms with E-state index in [0.29, 0.717) is 11.8 Å². The molecule has 1 fully saturated rings. The van der Waals surface area contributed by atoms with E-state index in [9.17, 15) is 5.11 Å². The minimum atomic E-state index is -0.0482. The number of phenols is 1. The molecule has 2 heteroatoms. The molecule has 2 rings (SSSR count). The molecule has 1 aromatic rings. The lowest BCUT2D eigenvalue weighted by molar-refractivity contribution is 0.422. The molecule has 124 valence electrons. The smallest absolute Gasteiger partial charge is 0.123 e. The van der Waals surface area contributed by atoms with Crippen molar-refractivity contribution in [2.75, 3.05) is 0 Å². The zero-order valence-corrected chi connectivity index (χ0v) is 15.2. The second kappa shape index (κ2) is 6.23. The number of nitrogens with one attached hydrogen (secondary N) is 1. The molecule has 2 nitrogen and oxygen atoms in total. The van der Waals surface area contributed by atoms with Gasteiger partial charge in [-0.1, -0.05) is 66.5 Å². The molecular weight excluding hydrogens is 270 g/mol. The van der Waals surface area contributed by atoms with Crippen molar-refractivity contribution < 1.29 is 5.11 Å². The Morgan fingerprint density at radius 3 is 1.82 bits per heavy atom. The number of hydrogen-bond donors (Lipinski definition) is 2. The Hall–Kier alpha value is -1.02. The van der Waals surface area contributed by atoms with Gasteiger partial charge < -0.3 is 10.4 Å². The lowest BCUT2D eigenvalue weighted by Gasteiger charge is -2.28. The first-order valence-corrected chi connectivity index (χ1v) is 8.69. The fourth-order valence-corrected chi connectivity index (χ4v) is 3.33. The summed E-state index contributed by atoms with van der Waals surface area (Å²) in [5.41, 5.74) is 3.31. The molecule has 0 amide bonds. The fraction of sp³-hybridized carbons (Fsp3) is 0.700. The summed E-state index contributed by atoms with van der Waals surface area (Å²) in [6.07, 6.45) is 5.31. The van der Waals surface area contributed by atoms with Crippen LogP contribution < -0.4 is 5.32 Å². The molecular formula is C20H33NO. The highest BCUT2D eigenvalue weighted by atomic mass is 16.3. The van der Waals surface area contributed by atoms with Crippen LogP contribution in [0.4, 0.5) is 0 Å². The van der Waals surface area contributed by atoms with Crippen LogP contribution in [-0.2, 0) is 17.4 Å². The topological polar surface area (TPSA) is 32.3 Å². The molecule has 0 unspecified atom stereocenters. The van der Waals surface area contributed by atoms with E-state index in [2.05, 4.69) is 59.0 Å². The van der Waals surface area contributed by atoms with Gasteiger partial charge in [-0.05, 0) is 40.4 Å². The molecule has 0 aliphatic heterocycles. The molecule has 0 heterocycles. The van der Waals surface area contributed by atoms with Crippen LogP contribution in [0.3, 0.4) is 0 Å². The molecule has 2 N–H and O–H groups in total. The van der Waals surface area contributed by atoms with Crippen LogP contribution in [0.1, 0.15) is 83.9 Å². The molecule has 0 spiro atoms. The van der Waals surface area contributed by atoms with Gasteiger partial charge in [0.15, 0.2) is 0 Å². The molecule has 0 atom stereocenters. The summed E-state index contributed by atoms with van der Waals surface area (Å²) in [4.78, 5) is 0. The van der Waals surface area contributed by atoms with E-state index >= 15 is 0 Å². The van der Waals surface area contributed by atoms with E-state index < -0.39 is 0 Å². The Kier molecular flexibility index (Phi) is 4.91. The van der Waals surface area contributed by atoms with Crippen molar-refractivity contribution in [3.8, 4) is 5.75 Å². The lowest BCUT2D eigenvalue weighted by atomic mass is 9.78. The van der Waals surface area contributed by atoms with Gasteiger partial charge in [0.05, 0.1) is 0 Å². The minimum absolute atomic E-state index is 0.0482. The van der Waals surface area contributed by atoms with Gasteiger partial charge >= 0.3 is 0 Å². The highest BCUT2D eigenvalue weighted by molar-refractivity contribution is 5.49. The van der Waals surface area contributed by atoms with Crippen molar-refractivity contribution in [3.63, 3.8) is 0 Å². The summed E-state index contributed by atoms with van der Waals surface area (Å²) < 4.78 is 0. The third kappa shape index (κ3) is 4.04. The van der Waals surface area contributed by atoms with Gasteiger partial charge in [0.2, 0.25) is 0 Å². The van der Waals surface area contributed by atoms with E-state index in [1.807, 2.05) is 0 Å². The third-order valence-electron chi connectivity index (χ3n) is 4.74. The predicted molar refractivity (Wildman–Crippen MR) is 94.6 cm³/mol. The Balaban J connectivity index is 2.32. The van der Waals surface area contributed by atoms with Gasteiger partial charge in [0.25, 0.3) is 0 Å². The molecule has 0 radical (unpaired) electrons. The normalized spacial score (nSPS) is 17.2. The quantitative estimate of drug-likeness (QED) is 0.821.